The summed E-state index contributed by atoms with van der Waals surface area (Å²) in [5.41, 5.74) is 0. The zero-order chi connectivity index (χ0) is 14.6. The van der Waals surface area contributed by atoms with Gasteiger partial charge in [0.15, 0.2) is 0 Å². The first-order valence-corrected chi connectivity index (χ1v) is 9.13. The average molecular weight is 305 g/mol. The number of hydrogen-bond donors (Lipinski definition) is 2. The van der Waals surface area contributed by atoms with E-state index in [0.29, 0.717) is 6.54 Å². The second kappa shape index (κ2) is 7.17. The molecule has 0 aliphatic carbocycles. The van der Waals surface area contributed by atoms with Crippen molar-refractivity contribution >= 4 is 10.2 Å². The van der Waals surface area contributed by atoms with E-state index in [1.807, 2.05) is 0 Å². The minimum absolute atomic E-state index is 0.00466. The molecular formula is C13H27N3O3S. The van der Waals surface area contributed by atoms with Gasteiger partial charge in [-0.25, -0.2) is 0 Å². The first-order chi connectivity index (χ1) is 9.56. The summed E-state index contributed by atoms with van der Waals surface area (Å²) in [5, 5.41) is 9.37. The van der Waals surface area contributed by atoms with Crippen LogP contribution < -0.4 is 4.72 Å². The number of likely N-dealkylation sites (N-methyl/N-ethyl adjacent to an activating group) is 1. The first-order valence-electron chi connectivity index (χ1n) is 7.69. The van der Waals surface area contributed by atoms with Crippen LogP contribution in [0.4, 0.5) is 0 Å². The highest BCUT2D eigenvalue weighted by molar-refractivity contribution is 7.87. The van der Waals surface area contributed by atoms with Crippen molar-refractivity contribution in [2.75, 3.05) is 32.8 Å². The SMILES string of the molecule is CCN1CCCC(NS(=O)(=O)N2CCCCC2CO)C1. The van der Waals surface area contributed by atoms with Gasteiger partial charge in [-0.3, -0.25) is 0 Å². The Hall–Kier alpha value is -0.210. The molecule has 0 amide bonds. The van der Waals surface area contributed by atoms with E-state index >= 15 is 0 Å². The molecule has 6 nitrogen and oxygen atoms in total. The number of rotatable bonds is 5. The van der Waals surface area contributed by atoms with Crippen molar-refractivity contribution in [2.45, 2.75) is 51.1 Å². The summed E-state index contributed by atoms with van der Waals surface area (Å²) in [6.45, 7) is 5.33. The fourth-order valence-corrected chi connectivity index (χ4v) is 4.87. The van der Waals surface area contributed by atoms with Gasteiger partial charge in [0.1, 0.15) is 0 Å². The highest BCUT2D eigenvalue weighted by Crippen LogP contribution is 2.20. The quantitative estimate of drug-likeness (QED) is 0.758. The number of nitrogens with zero attached hydrogens (tertiary/aromatic N) is 2. The van der Waals surface area contributed by atoms with Crippen LogP contribution in [-0.2, 0) is 10.2 Å². The van der Waals surface area contributed by atoms with Crippen molar-refractivity contribution in [1.29, 1.82) is 0 Å². The minimum Gasteiger partial charge on any atom is -0.395 e. The van der Waals surface area contributed by atoms with Gasteiger partial charge in [0.25, 0.3) is 10.2 Å². The van der Waals surface area contributed by atoms with Crippen LogP contribution in [0.1, 0.15) is 39.0 Å². The second-order valence-electron chi connectivity index (χ2n) is 5.80. The Balaban J connectivity index is 1.98. The van der Waals surface area contributed by atoms with E-state index in [-0.39, 0.29) is 18.7 Å². The zero-order valence-corrected chi connectivity index (χ0v) is 13.1. The van der Waals surface area contributed by atoms with Crippen molar-refractivity contribution in [3.05, 3.63) is 0 Å². The van der Waals surface area contributed by atoms with Crippen LogP contribution in [0.2, 0.25) is 0 Å². The molecule has 2 rings (SSSR count). The smallest absolute Gasteiger partial charge is 0.280 e. The Morgan fingerprint density at radius 2 is 2.00 bits per heavy atom. The van der Waals surface area contributed by atoms with Crippen LogP contribution in [0.3, 0.4) is 0 Å². The maximum Gasteiger partial charge on any atom is 0.280 e. The van der Waals surface area contributed by atoms with Crippen LogP contribution in [-0.4, -0.2) is 67.6 Å². The van der Waals surface area contributed by atoms with E-state index in [0.717, 1.165) is 51.7 Å². The molecule has 0 aromatic rings. The molecule has 2 unspecified atom stereocenters. The third-order valence-electron chi connectivity index (χ3n) is 4.36. The van der Waals surface area contributed by atoms with Gasteiger partial charge in [-0.1, -0.05) is 13.3 Å². The van der Waals surface area contributed by atoms with E-state index in [2.05, 4.69) is 16.5 Å². The molecule has 2 heterocycles. The summed E-state index contributed by atoms with van der Waals surface area (Å²) in [5.74, 6) is 0. The number of likely N-dealkylation sites (tertiary alicyclic amines) is 1. The third kappa shape index (κ3) is 3.92. The van der Waals surface area contributed by atoms with Crippen LogP contribution in [0.5, 0.6) is 0 Å². The number of aliphatic hydroxyl groups excluding tert-OH is 1. The number of nitrogens with one attached hydrogen (secondary N) is 1. The summed E-state index contributed by atoms with van der Waals surface area (Å²) < 4.78 is 29.3. The summed E-state index contributed by atoms with van der Waals surface area (Å²) >= 11 is 0. The van der Waals surface area contributed by atoms with E-state index in [1.165, 1.54) is 4.31 Å². The number of hydrogen-bond acceptors (Lipinski definition) is 4. The lowest BCUT2D eigenvalue weighted by Gasteiger charge is -2.37. The first kappa shape index (κ1) is 16.2. The fraction of sp³-hybridized carbons (Fsp3) is 1.00. The Morgan fingerprint density at radius 1 is 1.20 bits per heavy atom. The molecule has 0 aromatic carbocycles. The van der Waals surface area contributed by atoms with Crippen molar-refractivity contribution < 1.29 is 13.5 Å². The van der Waals surface area contributed by atoms with Crippen LogP contribution in [0.15, 0.2) is 0 Å². The van der Waals surface area contributed by atoms with E-state index in [1.54, 1.807) is 0 Å². The van der Waals surface area contributed by atoms with Gasteiger partial charge in [-0.05, 0) is 38.8 Å². The lowest BCUT2D eigenvalue weighted by atomic mass is 10.1. The van der Waals surface area contributed by atoms with E-state index < -0.39 is 10.2 Å². The molecule has 0 aromatic heterocycles. The molecule has 2 saturated heterocycles. The van der Waals surface area contributed by atoms with Gasteiger partial charge >= 0.3 is 0 Å². The molecule has 118 valence electrons. The maximum atomic E-state index is 12.5. The Labute approximate surface area is 122 Å². The molecular weight excluding hydrogens is 278 g/mol. The molecule has 2 aliphatic heterocycles. The molecule has 2 N–H and O–H groups in total. The van der Waals surface area contributed by atoms with Gasteiger partial charge in [-0.2, -0.15) is 17.4 Å². The number of piperidine rings is 2. The largest absolute Gasteiger partial charge is 0.395 e. The summed E-state index contributed by atoms with van der Waals surface area (Å²) in [4.78, 5) is 2.27. The van der Waals surface area contributed by atoms with Crippen molar-refractivity contribution in [1.82, 2.24) is 13.9 Å². The van der Waals surface area contributed by atoms with Gasteiger partial charge in [0.2, 0.25) is 0 Å². The van der Waals surface area contributed by atoms with Crippen LogP contribution in [0.25, 0.3) is 0 Å². The summed E-state index contributed by atoms with van der Waals surface area (Å²) in [6, 6.07) is -0.262. The average Bonchev–Trinajstić information content (AvgIpc) is 2.47. The highest BCUT2D eigenvalue weighted by atomic mass is 32.2. The Bertz CT molecular complexity index is 402. The molecule has 2 aliphatic rings. The molecule has 2 atom stereocenters. The molecule has 0 radical (unpaired) electrons. The molecule has 20 heavy (non-hydrogen) atoms. The number of aliphatic hydroxyl groups is 1. The van der Waals surface area contributed by atoms with Crippen molar-refractivity contribution in [2.24, 2.45) is 0 Å². The lowest BCUT2D eigenvalue weighted by Crippen LogP contribution is -2.55. The predicted octanol–water partition coefficient (Wildman–Crippen LogP) is 0.152. The van der Waals surface area contributed by atoms with Gasteiger partial charge in [0.05, 0.1) is 6.61 Å². The Kier molecular flexibility index (Phi) is 5.80. The Morgan fingerprint density at radius 3 is 2.70 bits per heavy atom. The second-order valence-corrected chi connectivity index (χ2v) is 7.45. The van der Waals surface area contributed by atoms with Crippen LogP contribution >= 0.6 is 0 Å². The third-order valence-corrected chi connectivity index (χ3v) is 6.09. The minimum atomic E-state index is -3.48. The van der Waals surface area contributed by atoms with Gasteiger partial charge < -0.3 is 10.0 Å². The maximum absolute atomic E-state index is 12.5. The lowest BCUT2D eigenvalue weighted by molar-refractivity contribution is 0.151. The van der Waals surface area contributed by atoms with E-state index in [4.69, 9.17) is 0 Å². The standard InChI is InChI=1S/C13H27N3O3S/c1-2-15-8-5-6-12(10-15)14-20(18,19)16-9-4-3-7-13(16)11-17/h12-14,17H,2-11H2,1H3. The molecule has 0 bridgehead atoms. The highest BCUT2D eigenvalue weighted by Gasteiger charge is 2.34. The predicted molar refractivity (Wildman–Crippen MR) is 78.6 cm³/mol. The topological polar surface area (TPSA) is 72.9 Å². The summed E-state index contributed by atoms with van der Waals surface area (Å²) in [7, 11) is -3.48. The van der Waals surface area contributed by atoms with Crippen molar-refractivity contribution in [3.8, 4) is 0 Å². The fourth-order valence-electron chi connectivity index (χ4n) is 3.19. The molecule has 0 saturated carbocycles. The van der Waals surface area contributed by atoms with Gasteiger partial charge in [-0.15, -0.1) is 0 Å². The molecule has 2 fully saturated rings. The normalized spacial score (nSPS) is 30.5. The zero-order valence-electron chi connectivity index (χ0n) is 12.3. The molecule has 7 heteroatoms. The van der Waals surface area contributed by atoms with Gasteiger partial charge in [0, 0.05) is 25.2 Å². The summed E-state index contributed by atoms with van der Waals surface area (Å²) in [6.07, 6.45) is 4.55. The molecule has 0 spiro atoms. The van der Waals surface area contributed by atoms with E-state index in [9.17, 15) is 13.5 Å². The monoisotopic (exact) mass is 305 g/mol. The van der Waals surface area contributed by atoms with Crippen molar-refractivity contribution in [3.63, 3.8) is 0 Å². The van der Waals surface area contributed by atoms with Crippen LogP contribution in [0, 0.1) is 0 Å².